The number of nitrogens with two attached hydrogens (primary N) is 1. The Morgan fingerprint density at radius 1 is 1.14 bits per heavy atom. The number of carbonyl (C=O) groups excluding carboxylic acids is 2. The lowest BCUT2D eigenvalue weighted by atomic mass is 9.44. The van der Waals surface area contributed by atoms with E-state index in [1.54, 1.807) is 0 Å². The van der Waals surface area contributed by atoms with Gasteiger partial charge in [0.05, 0.1) is 0 Å². The average molecular weight is 304 g/mol. The molecule has 0 radical (unpaired) electrons. The van der Waals surface area contributed by atoms with Crippen molar-refractivity contribution < 1.29 is 22.8 Å². The molecule has 0 aromatic carbocycles. The van der Waals surface area contributed by atoms with Crippen LogP contribution in [0.1, 0.15) is 44.9 Å². The number of carbonyl (C=O) groups is 2. The van der Waals surface area contributed by atoms with E-state index >= 15 is 0 Å². The number of primary amides is 1. The largest absolute Gasteiger partial charge is 0.403 e. The van der Waals surface area contributed by atoms with Crippen LogP contribution in [0.25, 0.3) is 0 Å². The smallest absolute Gasteiger partial charge is 0.368 e. The maximum atomic E-state index is 13.5. The van der Waals surface area contributed by atoms with Crippen molar-refractivity contribution in [2.75, 3.05) is 6.54 Å². The van der Waals surface area contributed by atoms with Crippen molar-refractivity contribution in [2.45, 2.75) is 57.2 Å². The van der Waals surface area contributed by atoms with Crippen molar-refractivity contribution in [3.8, 4) is 0 Å². The summed E-state index contributed by atoms with van der Waals surface area (Å²) in [4.78, 5) is 24.9. The quantitative estimate of drug-likeness (QED) is 0.848. The molecule has 3 rings (SSSR count). The molecule has 1 unspecified atom stereocenters. The van der Waals surface area contributed by atoms with Crippen molar-refractivity contribution in [3.05, 3.63) is 0 Å². The van der Waals surface area contributed by atoms with E-state index in [4.69, 9.17) is 5.73 Å². The minimum atomic E-state index is -4.56. The highest BCUT2D eigenvalue weighted by molar-refractivity contribution is 5.91. The molecule has 4 nitrogen and oxygen atoms in total. The number of alkyl halides is 3. The summed E-state index contributed by atoms with van der Waals surface area (Å²) >= 11 is 0. The van der Waals surface area contributed by atoms with Crippen LogP contribution in [0.4, 0.5) is 13.2 Å². The molecule has 0 aromatic heterocycles. The van der Waals surface area contributed by atoms with E-state index in [-0.39, 0.29) is 24.8 Å². The van der Waals surface area contributed by atoms with Gasteiger partial charge in [0.1, 0.15) is 11.5 Å². The molecule has 3 fully saturated rings. The van der Waals surface area contributed by atoms with E-state index in [0.29, 0.717) is 12.8 Å². The van der Waals surface area contributed by atoms with Gasteiger partial charge in [0, 0.05) is 6.54 Å². The van der Waals surface area contributed by atoms with Gasteiger partial charge in [-0.25, -0.2) is 0 Å². The summed E-state index contributed by atoms with van der Waals surface area (Å²) in [7, 11) is 0. The van der Waals surface area contributed by atoms with Gasteiger partial charge in [0.2, 0.25) is 11.8 Å². The summed E-state index contributed by atoms with van der Waals surface area (Å²) in [6.45, 7) is 0.192. The van der Waals surface area contributed by atoms with Crippen LogP contribution in [-0.2, 0) is 9.59 Å². The molecule has 1 aliphatic heterocycles. The first kappa shape index (κ1) is 14.7. The van der Waals surface area contributed by atoms with E-state index in [1.807, 2.05) is 0 Å². The molecule has 118 valence electrons. The maximum Gasteiger partial charge on any atom is 0.403 e. The first-order chi connectivity index (χ1) is 9.71. The van der Waals surface area contributed by atoms with Gasteiger partial charge in [-0.3, -0.25) is 9.59 Å². The molecule has 1 heterocycles. The summed E-state index contributed by atoms with van der Waals surface area (Å²) in [5.41, 5.74) is 2.64. The van der Waals surface area contributed by atoms with E-state index < -0.39 is 29.4 Å². The third-order valence-corrected chi connectivity index (χ3v) is 5.56. The molecular weight excluding hydrogens is 285 g/mol. The number of hydrogen-bond acceptors (Lipinski definition) is 2. The van der Waals surface area contributed by atoms with Crippen LogP contribution in [0.15, 0.2) is 0 Å². The number of amides is 2. The minimum absolute atomic E-state index is 0.121. The third-order valence-electron chi connectivity index (χ3n) is 5.56. The Morgan fingerprint density at radius 2 is 1.76 bits per heavy atom. The molecule has 2 aliphatic carbocycles. The Kier molecular flexibility index (Phi) is 3.05. The fourth-order valence-electron chi connectivity index (χ4n) is 4.31. The van der Waals surface area contributed by atoms with Gasteiger partial charge in [-0.1, -0.05) is 6.42 Å². The second kappa shape index (κ2) is 4.36. The summed E-state index contributed by atoms with van der Waals surface area (Å²) in [6.07, 6.45) is -1.42. The van der Waals surface area contributed by atoms with Crippen LogP contribution < -0.4 is 5.73 Å². The third kappa shape index (κ3) is 1.96. The lowest BCUT2D eigenvalue weighted by Gasteiger charge is -2.60. The lowest BCUT2D eigenvalue weighted by Crippen LogP contribution is -2.65. The van der Waals surface area contributed by atoms with Gasteiger partial charge in [-0.15, -0.1) is 0 Å². The molecule has 1 saturated heterocycles. The first-order valence-electron chi connectivity index (χ1n) is 7.38. The summed E-state index contributed by atoms with van der Waals surface area (Å²) < 4.78 is 40.6. The van der Waals surface area contributed by atoms with E-state index in [0.717, 1.165) is 24.2 Å². The molecule has 2 amide bonds. The van der Waals surface area contributed by atoms with E-state index in [9.17, 15) is 22.8 Å². The summed E-state index contributed by atoms with van der Waals surface area (Å²) in [6, 6.07) is -0.880. The molecule has 0 bridgehead atoms. The lowest BCUT2D eigenvalue weighted by molar-refractivity contribution is -0.285. The highest BCUT2D eigenvalue weighted by Gasteiger charge is 2.73. The molecule has 2 N–H and O–H groups in total. The number of likely N-dealkylation sites (tertiary alicyclic amines) is 1. The summed E-state index contributed by atoms with van der Waals surface area (Å²) in [5.74, 6) is -1.65. The zero-order chi connectivity index (χ0) is 15.5. The van der Waals surface area contributed by atoms with Gasteiger partial charge in [-0.05, 0) is 43.9 Å². The van der Waals surface area contributed by atoms with Crippen LogP contribution in [0.5, 0.6) is 0 Å². The number of halogens is 3. The predicted octanol–water partition coefficient (Wildman–Crippen LogP) is 1.98. The topological polar surface area (TPSA) is 63.4 Å². The normalized spacial score (nSPS) is 29.9. The standard InChI is InChI=1S/C14H19F3N2O2/c15-14(16,17)13(7-12(8-13)4-2-5-12)11(21)19-6-1-3-9(19)10(18)20/h9H,1-8H2,(H2,18,20). The second-order valence-corrected chi connectivity index (χ2v) is 6.85. The Morgan fingerprint density at radius 3 is 2.19 bits per heavy atom. The highest BCUT2D eigenvalue weighted by atomic mass is 19.4. The van der Waals surface area contributed by atoms with Crippen molar-refractivity contribution in [1.82, 2.24) is 4.90 Å². The molecular formula is C14H19F3N2O2. The Bertz CT molecular complexity index is 477. The predicted molar refractivity (Wildman–Crippen MR) is 67.9 cm³/mol. The number of rotatable bonds is 2. The van der Waals surface area contributed by atoms with Crippen molar-refractivity contribution in [2.24, 2.45) is 16.6 Å². The van der Waals surface area contributed by atoms with Gasteiger partial charge in [0.15, 0.2) is 0 Å². The fourth-order valence-corrected chi connectivity index (χ4v) is 4.31. The Balaban J connectivity index is 1.84. The van der Waals surface area contributed by atoms with Crippen LogP contribution in [0.2, 0.25) is 0 Å². The monoisotopic (exact) mass is 304 g/mol. The molecule has 1 spiro atoms. The van der Waals surface area contributed by atoms with Gasteiger partial charge < -0.3 is 10.6 Å². The highest BCUT2D eigenvalue weighted by Crippen LogP contribution is 2.69. The molecule has 0 aromatic rings. The Hall–Kier alpha value is -1.27. The van der Waals surface area contributed by atoms with Gasteiger partial charge in [0.25, 0.3) is 0 Å². The van der Waals surface area contributed by atoms with E-state index in [2.05, 4.69) is 0 Å². The molecule has 7 heteroatoms. The van der Waals surface area contributed by atoms with Crippen molar-refractivity contribution in [3.63, 3.8) is 0 Å². The van der Waals surface area contributed by atoms with E-state index in [1.165, 1.54) is 0 Å². The maximum absolute atomic E-state index is 13.5. The molecule has 21 heavy (non-hydrogen) atoms. The zero-order valence-corrected chi connectivity index (χ0v) is 11.7. The summed E-state index contributed by atoms with van der Waals surface area (Å²) in [5, 5.41) is 0. The second-order valence-electron chi connectivity index (χ2n) is 6.85. The van der Waals surface area contributed by atoms with Gasteiger partial charge in [-0.2, -0.15) is 13.2 Å². The van der Waals surface area contributed by atoms with Crippen LogP contribution >= 0.6 is 0 Å². The van der Waals surface area contributed by atoms with Crippen LogP contribution in [0, 0.1) is 10.8 Å². The molecule has 1 atom stereocenters. The fraction of sp³-hybridized carbons (Fsp3) is 0.857. The number of nitrogens with zero attached hydrogens (tertiary/aromatic N) is 1. The van der Waals surface area contributed by atoms with Crippen LogP contribution in [0.3, 0.4) is 0 Å². The SMILES string of the molecule is NC(=O)C1CCCN1C(=O)C1(C(F)(F)F)CC2(CCC2)C1. The average Bonchev–Trinajstić information content (AvgIpc) is 2.71. The first-order valence-corrected chi connectivity index (χ1v) is 7.38. The molecule has 2 saturated carbocycles. The zero-order valence-electron chi connectivity index (χ0n) is 11.7. The van der Waals surface area contributed by atoms with Crippen molar-refractivity contribution >= 4 is 11.8 Å². The minimum Gasteiger partial charge on any atom is -0.368 e. The van der Waals surface area contributed by atoms with Gasteiger partial charge >= 0.3 is 6.18 Å². The molecule has 3 aliphatic rings. The van der Waals surface area contributed by atoms with Crippen molar-refractivity contribution in [1.29, 1.82) is 0 Å². The Labute approximate surface area is 120 Å². The van der Waals surface area contributed by atoms with Crippen LogP contribution in [-0.4, -0.2) is 35.5 Å². The number of hydrogen-bond donors (Lipinski definition) is 1.